The van der Waals surface area contributed by atoms with Gasteiger partial charge < -0.3 is 25.0 Å². The molecular weight excluding hydrogens is 362 g/mol. The number of hydrogen-bond acceptors (Lipinski definition) is 5. The zero-order valence-corrected chi connectivity index (χ0v) is 14.5. The molecule has 1 atom stereocenters. The number of nitrogens with one attached hydrogen (secondary N) is 1. The van der Waals surface area contributed by atoms with Gasteiger partial charge in [0.25, 0.3) is 0 Å². The molecule has 0 spiro atoms. The Balaban J connectivity index is 2.12. The molecule has 122 valence electrons. The second-order valence-corrected chi connectivity index (χ2v) is 6.26. The van der Waals surface area contributed by atoms with E-state index >= 15 is 0 Å². The molecule has 0 radical (unpaired) electrons. The highest BCUT2D eigenvalue weighted by molar-refractivity contribution is 9.10. The Morgan fingerprint density at radius 1 is 1.00 bits per heavy atom. The molecule has 3 N–H and O–H groups in total. The summed E-state index contributed by atoms with van der Waals surface area (Å²) in [7, 11) is 3.20. The fourth-order valence-electron chi connectivity index (χ4n) is 2.95. The van der Waals surface area contributed by atoms with E-state index in [4.69, 9.17) is 9.47 Å². The van der Waals surface area contributed by atoms with Crippen LogP contribution in [0.4, 0.5) is 0 Å². The van der Waals surface area contributed by atoms with Gasteiger partial charge in [-0.1, -0.05) is 15.9 Å². The summed E-state index contributed by atoms with van der Waals surface area (Å²) in [6.45, 7) is 0.780. The van der Waals surface area contributed by atoms with Crippen molar-refractivity contribution < 1.29 is 19.7 Å². The number of methoxy groups -OCH3 is 2. The van der Waals surface area contributed by atoms with E-state index in [9.17, 15) is 10.2 Å². The number of phenolic OH excluding ortho intramolecular Hbond substituents is 2. The molecule has 0 saturated carbocycles. The zero-order valence-electron chi connectivity index (χ0n) is 12.9. The van der Waals surface area contributed by atoms with E-state index in [0.29, 0.717) is 11.5 Å². The Labute approximate surface area is 143 Å². The van der Waals surface area contributed by atoms with E-state index < -0.39 is 0 Å². The maximum absolute atomic E-state index is 9.86. The van der Waals surface area contributed by atoms with Crippen molar-refractivity contribution in [3.8, 4) is 23.0 Å². The topological polar surface area (TPSA) is 71.0 Å². The summed E-state index contributed by atoms with van der Waals surface area (Å²) in [6.07, 6.45) is 0.796. The van der Waals surface area contributed by atoms with Crippen LogP contribution in [0.25, 0.3) is 0 Å². The van der Waals surface area contributed by atoms with Crippen molar-refractivity contribution in [2.75, 3.05) is 20.8 Å². The first-order valence-electron chi connectivity index (χ1n) is 7.24. The van der Waals surface area contributed by atoms with Crippen molar-refractivity contribution in [3.05, 3.63) is 45.4 Å². The van der Waals surface area contributed by atoms with Crippen LogP contribution in [0.1, 0.15) is 22.7 Å². The molecule has 1 unspecified atom stereocenters. The molecule has 6 heteroatoms. The first-order valence-corrected chi connectivity index (χ1v) is 8.04. The lowest BCUT2D eigenvalue weighted by Gasteiger charge is -2.29. The highest BCUT2D eigenvalue weighted by Crippen LogP contribution is 2.41. The van der Waals surface area contributed by atoms with Crippen LogP contribution in [0.2, 0.25) is 0 Å². The molecule has 0 aliphatic carbocycles. The Kier molecular flexibility index (Phi) is 4.37. The zero-order chi connectivity index (χ0) is 16.6. The van der Waals surface area contributed by atoms with Gasteiger partial charge >= 0.3 is 0 Å². The Bertz CT molecular complexity index is 748. The van der Waals surface area contributed by atoms with Gasteiger partial charge in [-0.25, -0.2) is 0 Å². The summed E-state index contributed by atoms with van der Waals surface area (Å²) in [4.78, 5) is 0. The molecular formula is C17H18BrNO4. The standard InChI is InChI=1S/C17H18BrNO4/c1-22-15-7-11(12(18)8-16(15)23-2)17-10-6-14(21)13(20)5-9(10)3-4-19-17/h5-8,17,19-21H,3-4H2,1-2H3. The molecule has 1 aliphatic heterocycles. The largest absolute Gasteiger partial charge is 0.504 e. The smallest absolute Gasteiger partial charge is 0.161 e. The van der Waals surface area contributed by atoms with Gasteiger partial charge in [0.1, 0.15) is 0 Å². The number of phenols is 2. The molecule has 0 amide bonds. The van der Waals surface area contributed by atoms with Gasteiger partial charge in [-0.15, -0.1) is 0 Å². The Morgan fingerprint density at radius 3 is 2.35 bits per heavy atom. The van der Waals surface area contributed by atoms with Gasteiger partial charge in [0, 0.05) is 11.0 Å². The summed E-state index contributed by atoms with van der Waals surface area (Å²) in [5.41, 5.74) is 2.94. The maximum Gasteiger partial charge on any atom is 0.161 e. The fraction of sp³-hybridized carbons (Fsp3) is 0.294. The maximum atomic E-state index is 9.86. The van der Waals surface area contributed by atoms with Crippen molar-refractivity contribution in [2.45, 2.75) is 12.5 Å². The van der Waals surface area contributed by atoms with Crippen LogP contribution in [-0.4, -0.2) is 31.0 Å². The van der Waals surface area contributed by atoms with Crippen molar-refractivity contribution in [3.63, 3.8) is 0 Å². The number of rotatable bonds is 3. The van der Waals surface area contributed by atoms with Crippen LogP contribution in [0.5, 0.6) is 23.0 Å². The van der Waals surface area contributed by atoms with Crippen molar-refractivity contribution >= 4 is 15.9 Å². The normalized spacial score (nSPS) is 16.7. The summed E-state index contributed by atoms with van der Waals surface area (Å²) in [5, 5.41) is 23.0. The first kappa shape index (κ1) is 16.0. The molecule has 5 nitrogen and oxygen atoms in total. The molecule has 0 saturated heterocycles. The van der Waals surface area contributed by atoms with Crippen LogP contribution in [-0.2, 0) is 6.42 Å². The molecule has 1 heterocycles. The summed E-state index contributed by atoms with van der Waals surface area (Å²) >= 11 is 3.58. The molecule has 2 aromatic carbocycles. The van der Waals surface area contributed by atoms with Crippen LogP contribution < -0.4 is 14.8 Å². The number of benzene rings is 2. The average molecular weight is 380 g/mol. The quantitative estimate of drug-likeness (QED) is 0.714. The highest BCUT2D eigenvalue weighted by atomic mass is 79.9. The average Bonchev–Trinajstić information content (AvgIpc) is 2.55. The van der Waals surface area contributed by atoms with Crippen molar-refractivity contribution in [2.24, 2.45) is 0 Å². The highest BCUT2D eigenvalue weighted by Gasteiger charge is 2.26. The van der Waals surface area contributed by atoms with Gasteiger partial charge in [-0.3, -0.25) is 0 Å². The minimum Gasteiger partial charge on any atom is -0.504 e. The summed E-state index contributed by atoms with van der Waals surface area (Å²) in [6, 6.07) is 6.92. The Hall–Kier alpha value is -1.92. The third kappa shape index (κ3) is 2.84. The number of ether oxygens (including phenoxy) is 2. The predicted molar refractivity (Wildman–Crippen MR) is 90.6 cm³/mol. The van der Waals surface area contributed by atoms with Crippen LogP contribution in [0, 0.1) is 0 Å². The third-order valence-corrected chi connectivity index (χ3v) is 4.79. The van der Waals surface area contributed by atoms with Crippen molar-refractivity contribution in [1.82, 2.24) is 5.32 Å². The lowest BCUT2D eigenvalue weighted by atomic mass is 9.89. The predicted octanol–water partition coefficient (Wildman–Crippen LogP) is 3.11. The molecule has 1 aliphatic rings. The van der Waals surface area contributed by atoms with Gasteiger partial charge in [0.15, 0.2) is 23.0 Å². The number of halogens is 1. The van der Waals surface area contributed by atoms with Crippen LogP contribution >= 0.6 is 15.9 Å². The van der Waals surface area contributed by atoms with Crippen molar-refractivity contribution in [1.29, 1.82) is 0 Å². The van der Waals surface area contributed by atoms with Crippen LogP contribution in [0.15, 0.2) is 28.7 Å². The molecule has 3 rings (SSSR count). The Morgan fingerprint density at radius 2 is 1.65 bits per heavy atom. The molecule has 0 aromatic heterocycles. The minimum atomic E-state index is -0.117. The van der Waals surface area contributed by atoms with E-state index in [1.54, 1.807) is 26.4 Å². The van der Waals surface area contributed by atoms with E-state index in [1.165, 1.54) is 0 Å². The number of fused-ring (bicyclic) bond motifs is 1. The summed E-state index contributed by atoms with van der Waals surface area (Å²) in [5.74, 6) is 1.08. The van der Waals surface area contributed by atoms with Gasteiger partial charge in [0.05, 0.1) is 20.3 Å². The number of hydrogen-bond donors (Lipinski definition) is 3. The SMILES string of the molecule is COc1cc(Br)c(C2NCCc3cc(O)c(O)cc32)cc1OC. The van der Waals surface area contributed by atoms with E-state index in [2.05, 4.69) is 21.2 Å². The first-order chi connectivity index (χ1) is 11.0. The second-order valence-electron chi connectivity index (χ2n) is 5.41. The lowest BCUT2D eigenvalue weighted by molar-refractivity contribution is 0.353. The minimum absolute atomic E-state index is 0.0872. The fourth-order valence-corrected chi connectivity index (χ4v) is 3.50. The molecule has 0 bridgehead atoms. The second kappa shape index (κ2) is 6.29. The molecule has 23 heavy (non-hydrogen) atoms. The van der Waals surface area contributed by atoms with E-state index in [0.717, 1.165) is 34.1 Å². The monoisotopic (exact) mass is 379 g/mol. The lowest BCUT2D eigenvalue weighted by Crippen LogP contribution is -2.30. The molecule has 2 aromatic rings. The van der Waals surface area contributed by atoms with E-state index in [1.807, 2.05) is 12.1 Å². The number of aromatic hydroxyl groups is 2. The summed E-state index contributed by atoms with van der Waals surface area (Å²) < 4.78 is 11.6. The van der Waals surface area contributed by atoms with Crippen LogP contribution in [0.3, 0.4) is 0 Å². The third-order valence-electron chi connectivity index (χ3n) is 4.10. The molecule has 0 fully saturated rings. The van der Waals surface area contributed by atoms with Gasteiger partial charge in [0.2, 0.25) is 0 Å². The van der Waals surface area contributed by atoms with Gasteiger partial charge in [-0.05, 0) is 47.4 Å². The van der Waals surface area contributed by atoms with Gasteiger partial charge in [-0.2, -0.15) is 0 Å². The van der Waals surface area contributed by atoms with E-state index in [-0.39, 0.29) is 17.5 Å².